The van der Waals surface area contributed by atoms with Gasteiger partial charge in [0.15, 0.2) is 0 Å². The third-order valence-corrected chi connectivity index (χ3v) is 5.37. The number of carboxylic acids is 1. The van der Waals surface area contributed by atoms with Gasteiger partial charge in [0.05, 0.1) is 27.4 Å². The van der Waals surface area contributed by atoms with Crippen LogP contribution in [0.25, 0.3) is 0 Å². The minimum absolute atomic E-state index is 0.0721. The zero-order valence-electron chi connectivity index (χ0n) is 16.2. The summed E-state index contributed by atoms with van der Waals surface area (Å²) in [6, 6.07) is 15.2. The number of halogens is 1. The molecule has 1 aliphatic rings. The number of carboxylic acid groups (broad SMARTS) is 1. The maximum absolute atomic E-state index is 12.9. The number of carbonyl (C=O) groups is 4. The zero-order chi connectivity index (χ0) is 22.3. The van der Waals surface area contributed by atoms with E-state index in [0.29, 0.717) is 11.3 Å². The molecule has 0 bridgehead atoms. The summed E-state index contributed by atoms with van der Waals surface area (Å²) < 4.78 is 0. The standard InChI is InChI=1S/C23H15ClN2O5/c1-12-14(23(30)31)5-4-7-18(12)25-20(27)13-9-10-15-16(11-13)22(29)26(21(15)28)19-8-3-2-6-17(19)24/h2-11H,1H3,(H,25,27)(H,30,31). The Labute approximate surface area is 181 Å². The van der Waals surface area contributed by atoms with Crippen LogP contribution in [0.5, 0.6) is 0 Å². The first-order chi connectivity index (χ1) is 14.8. The Morgan fingerprint density at radius 3 is 2.35 bits per heavy atom. The highest BCUT2D eigenvalue weighted by Gasteiger charge is 2.38. The van der Waals surface area contributed by atoms with E-state index in [0.717, 1.165) is 4.90 Å². The van der Waals surface area contributed by atoms with Gasteiger partial charge in [-0.15, -0.1) is 0 Å². The molecule has 0 saturated heterocycles. The number of benzene rings is 3. The minimum atomic E-state index is -1.10. The van der Waals surface area contributed by atoms with E-state index in [9.17, 15) is 24.3 Å². The van der Waals surface area contributed by atoms with Crippen molar-refractivity contribution in [1.82, 2.24) is 0 Å². The monoisotopic (exact) mass is 434 g/mol. The maximum Gasteiger partial charge on any atom is 0.336 e. The fraction of sp³-hybridized carbons (Fsp3) is 0.0435. The molecule has 0 aromatic heterocycles. The van der Waals surface area contributed by atoms with Gasteiger partial charge < -0.3 is 10.4 Å². The summed E-state index contributed by atoms with van der Waals surface area (Å²) in [6.45, 7) is 1.59. The fourth-order valence-corrected chi connectivity index (χ4v) is 3.65. The lowest BCUT2D eigenvalue weighted by Crippen LogP contribution is -2.29. The number of carbonyl (C=O) groups excluding carboxylic acids is 3. The number of nitrogens with one attached hydrogen (secondary N) is 1. The van der Waals surface area contributed by atoms with Gasteiger partial charge in [0.1, 0.15) is 0 Å². The smallest absolute Gasteiger partial charge is 0.336 e. The Balaban J connectivity index is 1.65. The Morgan fingerprint density at radius 2 is 1.65 bits per heavy atom. The van der Waals surface area contributed by atoms with E-state index < -0.39 is 23.7 Å². The number of hydrogen-bond donors (Lipinski definition) is 2. The molecule has 3 aromatic rings. The summed E-state index contributed by atoms with van der Waals surface area (Å²) in [4.78, 5) is 50.7. The van der Waals surface area contributed by atoms with Crippen LogP contribution >= 0.6 is 11.6 Å². The van der Waals surface area contributed by atoms with Crippen molar-refractivity contribution in [2.45, 2.75) is 6.92 Å². The molecule has 0 saturated carbocycles. The Morgan fingerprint density at radius 1 is 0.935 bits per heavy atom. The van der Waals surface area contributed by atoms with Gasteiger partial charge in [0.25, 0.3) is 17.7 Å². The number of amides is 3. The van der Waals surface area contributed by atoms with Gasteiger partial charge in [-0.05, 0) is 55.0 Å². The molecule has 3 aromatic carbocycles. The van der Waals surface area contributed by atoms with Crippen LogP contribution in [0, 0.1) is 6.92 Å². The number of fused-ring (bicyclic) bond motifs is 1. The quantitative estimate of drug-likeness (QED) is 0.592. The van der Waals surface area contributed by atoms with Gasteiger partial charge in [-0.1, -0.05) is 29.8 Å². The van der Waals surface area contributed by atoms with Crippen LogP contribution in [0.4, 0.5) is 11.4 Å². The lowest BCUT2D eigenvalue weighted by molar-refractivity contribution is 0.0695. The van der Waals surface area contributed by atoms with E-state index in [-0.39, 0.29) is 33.0 Å². The van der Waals surface area contributed by atoms with Crippen molar-refractivity contribution in [1.29, 1.82) is 0 Å². The first-order valence-corrected chi connectivity index (χ1v) is 9.59. The van der Waals surface area contributed by atoms with Crippen molar-refractivity contribution in [2.24, 2.45) is 0 Å². The maximum atomic E-state index is 12.9. The molecule has 0 unspecified atom stereocenters. The van der Waals surface area contributed by atoms with Crippen molar-refractivity contribution in [3.8, 4) is 0 Å². The molecule has 1 heterocycles. The Bertz CT molecular complexity index is 1280. The molecular formula is C23H15ClN2O5. The normalized spacial score (nSPS) is 12.6. The van der Waals surface area contributed by atoms with Crippen LogP contribution in [0.3, 0.4) is 0 Å². The van der Waals surface area contributed by atoms with E-state index >= 15 is 0 Å². The van der Waals surface area contributed by atoms with E-state index in [1.165, 1.54) is 30.3 Å². The summed E-state index contributed by atoms with van der Waals surface area (Å²) in [5.74, 6) is -2.74. The molecule has 1 aliphatic heterocycles. The largest absolute Gasteiger partial charge is 0.478 e. The number of aromatic carboxylic acids is 1. The highest BCUT2D eigenvalue weighted by molar-refractivity contribution is 6.40. The summed E-state index contributed by atoms with van der Waals surface area (Å²) >= 11 is 6.15. The van der Waals surface area contributed by atoms with Crippen LogP contribution in [-0.2, 0) is 0 Å². The van der Waals surface area contributed by atoms with Gasteiger partial charge in [0.2, 0.25) is 0 Å². The third kappa shape index (κ3) is 3.45. The van der Waals surface area contributed by atoms with Crippen LogP contribution in [0.2, 0.25) is 5.02 Å². The van der Waals surface area contributed by atoms with Crippen molar-refractivity contribution < 1.29 is 24.3 Å². The molecule has 0 spiro atoms. The summed E-state index contributed by atoms with van der Waals surface area (Å²) in [7, 11) is 0. The lowest BCUT2D eigenvalue weighted by Gasteiger charge is -2.15. The average molecular weight is 435 g/mol. The first-order valence-electron chi connectivity index (χ1n) is 9.21. The number of hydrogen-bond acceptors (Lipinski definition) is 4. The summed E-state index contributed by atoms with van der Waals surface area (Å²) in [5.41, 5.74) is 1.50. The highest BCUT2D eigenvalue weighted by atomic mass is 35.5. The number of anilines is 2. The SMILES string of the molecule is Cc1c(NC(=O)c2ccc3c(c2)C(=O)N(c2ccccc2Cl)C3=O)cccc1C(=O)O. The van der Waals surface area contributed by atoms with E-state index in [1.54, 1.807) is 37.3 Å². The van der Waals surface area contributed by atoms with Gasteiger partial charge in [-0.3, -0.25) is 14.4 Å². The second kappa shape index (κ2) is 7.70. The molecule has 4 rings (SSSR count). The van der Waals surface area contributed by atoms with Crippen molar-refractivity contribution in [2.75, 3.05) is 10.2 Å². The molecule has 0 atom stereocenters. The first kappa shape index (κ1) is 20.3. The number of para-hydroxylation sites is 1. The molecule has 0 radical (unpaired) electrons. The predicted molar refractivity (Wildman–Crippen MR) is 115 cm³/mol. The number of imide groups is 1. The van der Waals surface area contributed by atoms with E-state index in [2.05, 4.69) is 5.32 Å². The molecule has 2 N–H and O–H groups in total. The summed E-state index contributed by atoms with van der Waals surface area (Å²) in [6.07, 6.45) is 0. The molecule has 3 amide bonds. The molecule has 7 nitrogen and oxygen atoms in total. The van der Waals surface area contributed by atoms with Gasteiger partial charge in [0, 0.05) is 11.3 Å². The molecule has 31 heavy (non-hydrogen) atoms. The molecule has 154 valence electrons. The second-order valence-electron chi connectivity index (χ2n) is 6.89. The average Bonchev–Trinajstić information content (AvgIpc) is 2.99. The highest BCUT2D eigenvalue weighted by Crippen LogP contribution is 2.33. The van der Waals surface area contributed by atoms with E-state index in [1.807, 2.05) is 0 Å². The lowest BCUT2D eigenvalue weighted by atomic mass is 10.0. The van der Waals surface area contributed by atoms with Crippen molar-refractivity contribution in [3.05, 3.63) is 93.5 Å². The fourth-order valence-electron chi connectivity index (χ4n) is 3.43. The zero-order valence-corrected chi connectivity index (χ0v) is 16.9. The molecular weight excluding hydrogens is 420 g/mol. The van der Waals surface area contributed by atoms with Crippen LogP contribution in [0.1, 0.15) is 47.0 Å². The molecule has 0 fully saturated rings. The van der Waals surface area contributed by atoms with Crippen LogP contribution < -0.4 is 10.2 Å². The van der Waals surface area contributed by atoms with Crippen molar-refractivity contribution >= 4 is 46.7 Å². The Kier molecular flexibility index (Phi) is 5.04. The number of rotatable bonds is 4. The topological polar surface area (TPSA) is 104 Å². The molecule has 0 aliphatic carbocycles. The van der Waals surface area contributed by atoms with Gasteiger partial charge in [-0.25, -0.2) is 9.69 Å². The number of nitrogens with zero attached hydrogens (tertiary/aromatic N) is 1. The van der Waals surface area contributed by atoms with Gasteiger partial charge in [-0.2, -0.15) is 0 Å². The Hall–Kier alpha value is -3.97. The van der Waals surface area contributed by atoms with E-state index in [4.69, 9.17) is 11.6 Å². The minimum Gasteiger partial charge on any atom is -0.478 e. The van der Waals surface area contributed by atoms with Crippen LogP contribution in [0.15, 0.2) is 60.7 Å². The summed E-state index contributed by atoms with van der Waals surface area (Å²) in [5, 5.41) is 12.2. The van der Waals surface area contributed by atoms with Crippen molar-refractivity contribution in [3.63, 3.8) is 0 Å². The van der Waals surface area contributed by atoms with Gasteiger partial charge >= 0.3 is 5.97 Å². The van der Waals surface area contributed by atoms with Crippen LogP contribution in [-0.4, -0.2) is 28.8 Å². The molecule has 8 heteroatoms. The second-order valence-corrected chi connectivity index (χ2v) is 7.30. The third-order valence-electron chi connectivity index (χ3n) is 5.05. The predicted octanol–water partition coefficient (Wildman–Crippen LogP) is 4.40.